The predicted molar refractivity (Wildman–Crippen MR) is 67.1 cm³/mol. The van der Waals surface area contributed by atoms with Gasteiger partial charge in [0.25, 0.3) is 0 Å². The molecule has 6 heteroatoms. The van der Waals surface area contributed by atoms with Gasteiger partial charge in [-0.2, -0.15) is 0 Å². The maximum Gasteiger partial charge on any atom is 0.112 e. The Morgan fingerprint density at radius 3 is 3.00 bits per heavy atom. The van der Waals surface area contributed by atoms with E-state index < -0.39 is 6.04 Å². The van der Waals surface area contributed by atoms with Gasteiger partial charge in [-0.15, -0.1) is 11.3 Å². The van der Waals surface area contributed by atoms with Crippen molar-refractivity contribution in [2.24, 2.45) is 5.73 Å². The highest BCUT2D eigenvalue weighted by molar-refractivity contribution is 9.10. The lowest BCUT2D eigenvalue weighted by atomic mass is 10.3. The van der Waals surface area contributed by atoms with E-state index in [0.717, 1.165) is 20.2 Å². The molecule has 16 heavy (non-hydrogen) atoms. The van der Waals surface area contributed by atoms with E-state index in [1.54, 1.807) is 6.20 Å². The Bertz CT molecular complexity index is 488. The number of hydrogen-bond donors (Lipinski definition) is 2. The Hall–Kier alpha value is -0.820. The van der Waals surface area contributed by atoms with Crippen LogP contribution in [-0.4, -0.2) is 21.7 Å². The summed E-state index contributed by atoms with van der Waals surface area (Å²) in [6.45, 7) is -0.0983. The molecule has 0 bridgehead atoms. The lowest BCUT2D eigenvalue weighted by Gasteiger charge is -2.01. The summed E-state index contributed by atoms with van der Waals surface area (Å²) in [7, 11) is 0. The molecule has 2 aromatic rings. The van der Waals surface area contributed by atoms with Crippen LogP contribution in [0.25, 0.3) is 10.6 Å². The average molecular weight is 300 g/mol. The van der Waals surface area contributed by atoms with E-state index in [1.165, 1.54) is 11.3 Å². The van der Waals surface area contributed by atoms with E-state index in [4.69, 9.17) is 10.8 Å². The van der Waals surface area contributed by atoms with Crippen molar-refractivity contribution < 1.29 is 5.11 Å². The van der Waals surface area contributed by atoms with E-state index in [-0.39, 0.29) is 6.61 Å². The van der Waals surface area contributed by atoms with Crippen molar-refractivity contribution in [3.05, 3.63) is 34.0 Å². The van der Waals surface area contributed by atoms with Crippen molar-refractivity contribution >= 4 is 27.3 Å². The number of hydrogen-bond acceptors (Lipinski definition) is 5. The monoisotopic (exact) mass is 299 g/mol. The van der Waals surface area contributed by atoms with Crippen LogP contribution in [0, 0.1) is 0 Å². The maximum absolute atomic E-state index is 8.93. The second kappa shape index (κ2) is 5.01. The van der Waals surface area contributed by atoms with Crippen LogP contribution < -0.4 is 5.73 Å². The van der Waals surface area contributed by atoms with Crippen LogP contribution in [0.1, 0.15) is 11.0 Å². The van der Waals surface area contributed by atoms with Gasteiger partial charge in [0.05, 0.1) is 23.2 Å². The number of halogens is 1. The Balaban J connectivity index is 2.31. The van der Waals surface area contributed by atoms with Gasteiger partial charge >= 0.3 is 0 Å². The van der Waals surface area contributed by atoms with Crippen molar-refractivity contribution in [1.82, 2.24) is 9.97 Å². The highest BCUT2D eigenvalue weighted by atomic mass is 79.9. The van der Waals surface area contributed by atoms with Crippen LogP contribution in [0.5, 0.6) is 0 Å². The summed E-state index contributed by atoms with van der Waals surface area (Å²) in [6, 6.07) is 5.28. The fourth-order valence-corrected chi connectivity index (χ4v) is 2.42. The summed E-state index contributed by atoms with van der Waals surface area (Å²) in [4.78, 5) is 9.44. The molecular weight excluding hydrogens is 290 g/mol. The summed E-state index contributed by atoms with van der Waals surface area (Å²) in [5.74, 6) is 0. The fraction of sp³-hybridized carbons (Fsp3) is 0.200. The zero-order valence-electron chi connectivity index (χ0n) is 8.30. The van der Waals surface area contributed by atoms with Gasteiger partial charge in [-0.1, -0.05) is 6.07 Å². The largest absolute Gasteiger partial charge is 0.394 e. The van der Waals surface area contributed by atoms with Gasteiger partial charge in [0, 0.05) is 6.20 Å². The molecule has 0 saturated heterocycles. The van der Waals surface area contributed by atoms with E-state index in [2.05, 4.69) is 25.9 Å². The van der Waals surface area contributed by atoms with E-state index in [1.807, 2.05) is 18.2 Å². The third kappa shape index (κ3) is 2.46. The molecule has 0 amide bonds. The highest BCUT2D eigenvalue weighted by Crippen LogP contribution is 2.27. The smallest absolute Gasteiger partial charge is 0.112 e. The van der Waals surface area contributed by atoms with Gasteiger partial charge in [0.1, 0.15) is 9.61 Å². The zero-order chi connectivity index (χ0) is 11.5. The second-order valence-electron chi connectivity index (χ2n) is 3.20. The summed E-state index contributed by atoms with van der Waals surface area (Å²) >= 11 is 4.77. The number of aromatic nitrogens is 2. The van der Waals surface area contributed by atoms with Crippen LogP contribution in [0.4, 0.5) is 0 Å². The fourth-order valence-electron chi connectivity index (χ4n) is 1.20. The summed E-state index contributed by atoms with van der Waals surface area (Å²) < 4.78 is 0.784. The molecule has 0 saturated carbocycles. The van der Waals surface area contributed by atoms with Crippen molar-refractivity contribution in [3.63, 3.8) is 0 Å². The lowest BCUT2D eigenvalue weighted by Crippen LogP contribution is -2.13. The van der Waals surface area contributed by atoms with Gasteiger partial charge in [-0.05, 0) is 28.1 Å². The SMILES string of the molecule is NC(CO)c1ncc(-c2cccc(Br)n2)s1. The van der Waals surface area contributed by atoms with Crippen LogP contribution in [0.2, 0.25) is 0 Å². The molecule has 1 unspecified atom stereocenters. The minimum Gasteiger partial charge on any atom is -0.394 e. The quantitative estimate of drug-likeness (QED) is 0.850. The van der Waals surface area contributed by atoms with Crippen LogP contribution in [0.15, 0.2) is 29.0 Å². The third-order valence-corrected chi connectivity index (χ3v) is 3.60. The number of thiazole rings is 1. The molecule has 2 rings (SSSR count). The molecule has 0 aliphatic heterocycles. The van der Waals surface area contributed by atoms with Gasteiger partial charge < -0.3 is 10.8 Å². The molecule has 84 valence electrons. The number of nitrogens with two attached hydrogens (primary N) is 1. The van der Waals surface area contributed by atoms with Gasteiger partial charge in [0.15, 0.2) is 0 Å². The topological polar surface area (TPSA) is 72.0 Å². The molecule has 0 aliphatic carbocycles. The van der Waals surface area contributed by atoms with Gasteiger partial charge in [0.2, 0.25) is 0 Å². The molecule has 2 aromatic heterocycles. The molecule has 0 aromatic carbocycles. The molecule has 2 heterocycles. The Morgan fingerprint density at radius 2 is 2.31 bits per heavy atom. The first-order chi connectivity index (χ1) is 7.70. The van der Waals surface area contributed by atoms with Crippen molar-refractivity contribution in [1.29, 1.82) is 0 Å². The first kappa shape index (κ1) is 11.7. The molecule has 0 spiro atoms. The molecule has 3 N–H and O–H groups in total. The van der Waals surface area contributed by atoms with Crippen molar-refractivity contribution in [3.8, 4) is 10.6 Å². The van der Waals surface area contributed by atoms with Crippen LogP contribution in [-0.2, 0) is 0 Å². The van der Waals surface area contributed by atoms with Gasteiger partial charge in [-0.25, -0.2) is 9.97 Å². The van der Waals surface area contributed by atoms with E-state index in [0.29, 0.717) is 0 Å². The minimum atomic E-state index is -0.411. The predicted octanol–water partition coefficient (Wildman–Crippen LogP) is 1.96. The zero-order valence-corrected chi connectivity index (χ0v) is 10.7. The third-order valence-electron chi connectivity index (χ3n) is 2.01. The minimum absolute atomic E-state index is 0.0983. The first-order valence-electron chi connectivity index (χ1n) is 4.66. The Labute approximate surface area is 105 Å². The van der Waals surface area contributed by atoms with Crippen LogP contribution >= 0.6 is 27.3 Å². The standard InChI is InChI=1S/C10H10BrN3OS/c11-9-3-1-2-7(14-9)8-4-13-10(16-8)6(12)5-15/h1-4,6,15H,5,12H2. The number of aliphatic hydroxyl groups excluding tert-OH is 1. The maximum atomic E-state index is 8.93. The average Bonchev–Trinajstić information content (AvgIpc) is 2.77. The number of pyridine rings is 1. The molecule has 0 fully saturated rings. The summed E-state index contributed by atoms with van der Waals surface area (Å²) in [5, 5.41) is 9.65. The van der Waals surface area contributed by atoms with Crippen molar-refractivity contribution in [2.75, 3.05) is 6.61 Å². The summed E-state index contributed by atoms with van der Waals surface area (Å²) in [6.07, 6.45) is 1.73. The molecule has 1 atom stereocenters. The first-order valence-corrected chi connectivity index (χ1v) is 6.26. The summed E-state index contributed by atoms with van der Waals surface area (Å²) in [5.41, 5.74) is 6.53. The van der Waals surface area contributed by atoms with Gasteiger partial charge in [-0.3, -0.25) is 0 Å². The number of aliphatic hydroxyl groups is 1. The molecule has 0 radical (unpaired) electrons. The Kier molecular flexibility index (Phi) is 3.65. The Morgan fingerprint density at radius 1 is 1.50 bits per heavy atom. The molecular formula is C10H10BrN3OS. The molecule has 4 nitrogen and oxygen atoms in total. The normalized spacial score (nSPS) is 12.7. The number of rotatable bonds is 3. The second-order valence-corrected chi connectivity index (χ2v) is 5.07. The van der Waals surface area contributed by atoms with Crippen molar-refractivity contribution in [2.45, 2.75) is 6.04 Å². The molecule has 0 aliphatic rings. The van der Waals surface area contributed by atoms with E-state index in [9.17, 15) is 0 Å². The number of nitrogens with zero attached hydrogens (tertiary/aromatic N) is 2. The van der Waals surface area contributed by atoms with Crippen LogP contribution in [0.3, 0.4) is 0 Å². The van der Waals surface area contributed by atoms with E-state index >= 15 is 0 Å². The lowest BCUT2D eigenvalue weighted by molar-refractivity contribution is 0.267. The highest BCUT2D eigenvalue weighted by Gasteiger charge is 2.11.